The number of para-hydroxylation sites is 1. The second kappa shape index (κ2) is 7.85. The van der Waals surface area contributed by atoms with Gasteiger partial charge in [0.1, 0.15) is 0 Å². The topological polar surface area (TPSA) is 31.2 Å². The zero-order valence-electron chi connectivity index (χ0n) is 12.1. The number of esters is 1. The molecule has 1 aromatic carbocycles. The Hall–Kier alpha value is -1.00. The van der Waals surface area contributed by atoms with Crippen molar-refractivity contribution in [1.82, 2.24) is 4.09 Å². The van der Waals surface area contributed by atoms with E-state index in [1.165, 1.54) is 23.3 Å². The molecule has 0 saturated heterocycles. The van der Waals surface area contributed by atoms with E-state index in [1.807, 2.05) is 24.3 Å². The molecule has 0 aliphatic carbocycles. The normalized spacial score (nSPS) is 11.0. The minimum Gasteiger partial charge on any atom is -0.407 e. The van der Waals surface area contributed by atoms with Crippen LogP contribution in [0.2, 0.25) is 0 Å². The van der Waals surface area contributed by atoms with E-state index < -0.39 is 0 Å². The van der Waals surface area contributed by atoms with Gasteiger partial charge in [0.2, 0.25) is 5.88 Å². The number of nitrogens with zero attached hydrogens (tertiary/aromatic N) is 1. The van der Waals surface area contributed by atoms with Gasteiger partial charge in [-0.15, -0.1) is 0 Å². The molecule has 0 aliphatic heterocycles. The van der Waals surface area contributed by atoms with Gasteiger partial charge in [-0.25, -0.2) is 4.09 Å². The molecule has 1 heterocycles. The summed E-state index contributed by atoms with van der Waals surface area (Å²) in [7, 11) is 0. The number of benzene rings is 1. The molecule has 114 valence electrons. The van der Waals surface area contributed by atoms with Crippen LogP contribution in [0.4, 0.5) is 0 Å². The summed E-state index contributed by atoms with van der Waals surface area (Å²) < 4.78 is 7.51. The fourth-order valence-electron chi connectivity index (χ4n) is 2.26. The second-order valence-electron chi connectivity index (χ2n) is 5.06. The van der Waals surface area contributed by atoms with Crippen molar-refractivity contribution < 1.29 is 9.53 Å². The van der Waals surface area contributed by atoms with Crippen LogP contribution in [0, 0.1) is 0 Å². The Labute approximate surface area is 138 Å². The van der Waals surface area contributed by atoms with Crippen molar-refractivity contribution in [2.45, 2.75) is 45.4 Å². The van der Waals surface area contributed by atoms with Crippen LogP contribution in [0.5, 0.6) is 5.88 Å². The highest BCUT2D eigenvalue weighted by atomic mass is 79.9. The Balaban J connectivity index is 1.98. The molecular weight excluding hydrogens is 354 g/mol. The number of hydrogen-bond donors (Lipinski definition) is 0. The average molecular weight is 373 g/mol. The summed E-state index contributed by atoms with van der Waals surface area (Å²) in [6, 6.07) is 7.63. The van der Waals surface area contributed by atoms with Gasteiger partial charge in [-0.2, -0.15) is 0 Å². The third-order valence-corrected chi connectivity index (χ3v) is 4.52. The highest BCUT2D eigenvalue weighted by Gasteiger charge is 2.18. The van der Waals surface area contributed by atoms with Crippen molar-refractivity contribution in [2.75, 3.05) is 0 Å². The van der Waals surface area contributed by atoms with Crippen molar-refractivity contribution >= 4 is 44.6 Å². The van der Waals surface area contributed by atoms with Gasteiger partial charge in [0.25, 0.3) is 0 Å². The Morgan fingerprint density at radius 3 is 2.67 bits per heavy atom. The lowest BCUT2D eigenvalue weighted by molar-refractivity contribution is -0.134. The van der Waals surface area contributed by atoms with Crippen LogP contribution in [0.25, 0.3) is 10.9 Å². The summed E-state index contributed by atoms with van der Waals surface area (Å²) in [6.45, 7) is 2.17. The van der Waals surface area contributed by atoms with E-state index in [0.717, 1.165) is 23.7 Å². The maximum atomic E-state index is 11.9. The maximum absolute atomic E-state index is 11.9. The van der Waals surface area contributed by atoms with Gasteiger partial charge in [-0.1, -0.05) is 50.8 Å². The minimum absolute atomic E-state index is 0.239. The van der Waals surface area contributed by atoms with Gasteiger partial charge in [-0.3, -0.25) is 4.79 Å². The number of carbonyl (C=O) groups is 1. The molecule has 0 fully saturated rings. The number of halogens is 2. The lowest BCUT2D eigenvalue weighted by Crippen LogP contribution is -2.09. The molecule has 0 spiro atoms. The molecule has 2 aromatic rings. The zero-order chi connectivity index (χ0) is 15.2. The SMILES string of the molecule is CCCCCCCC(=O)Oc1c(Br)c2ccccc2n1Cl. The van der Waals surface area contributed by atoms with Crippen molar-refractivity contribution in [1.29, 1.82) is 0 Å². The second-order valence-corrected chi connectivity index (χ2v) is 6.19. The van der Waals surface area contributed by atoms with Crippen LogP contribution < -0.4 is 4.74 Å². The molecule has 0 atom stereocenters. The van der Waals surface area contributed by atoms with Crippen LogP contribution in [0.3, 0.4) is 0 Å². The third-order valence-electron chi connectivity index (χ3n) is 3.41. The largest absolute Gasteiger partial charge is 0.407 e. The molecule has 1 aromatic heterocycles. The van der Waals surface area contributed by atoms with E-state index in [9.17, 15) is 4.79 Å². The highest BCUT2D eigenvalue weighted by Crippen LogP contribution is 2.37. The van der Waals surface area contributed by atoms with Crippen LogP contribution >= 0.6 is 27.7 Å². The third kappa shape index (κ3) is 4.01. The first-order valence-electron chi connectivity index (χ1n) is 7.31. The fourth-order valence-corrected chi connectivity index (χ4v) is 3.22. The van der Waals surface area contributed by atoms with Gasteiger partial charge in [-0.05, 0) is 28.4 Å². The van der Waals surface area contributed by atoms with Crippen LogP contribution in [-0.4, -0.2) is 10.1 Å². The predicted octanol–water partition coefficient (Wildman–Crippen LogP) is 5.67. The number of carbonyl (C=O) groups excluding carboxylic acids is 1. The lowest BCUT2D eigenvalue weighted by Gasteiger charge is -2.05. The Morgan fingerprint density at radius 1 is 1.24 bits per heavy atom. The molecule has 0 saturated carbocycles. The van der Waals surface area contributed by atoms with Gasteiger partial charge >= 0.3 is 5.97 Å². The quantitative estimate of drug-likeness (QED) is 0.463. The van der Waals surface area contributed by atoms with Crippen LogP contribution in [-0.2, 0) is 4.79 Å². The maximum Gasteiger partial charge on any atom is 0.312 e. The van der Waals surface area contributed by atoms with E-state index >= 15 is 0 Å². The lowest BCUT2D eigenvalue weighted by atomic mass is 10.1. The molecular formula is C16H19BrClNO2. The van der Waals surface area contributed by atoms with Crippen LogP contribution in [0.15, 0.2) is 28.7 Å². The Kier molecular flexibility index (Phi) is 6.12. The van der Waals surface area contributed by atoms with Crippen molar-refractivity contribution in [3.8, 4) is 5.88 Å². The number of unbranched alkanes of at least 4 members (excludes halogenated alkanes) is 4. The molecule has 0 bridgehead atoms. The van der Waals surface area contributed by atoms with Crippen LogP contribution in [0.1, 0.15) is 45.4 Å². The van der Waals surface area contributed by atoms with Gasteiger partial charge in [0.05, 0.1) is 9.99 Å². The number of aromatic nitrogens is 1. The van der Waals surface area contributed by atoms with E-state index in [4.69, 9.17) is 16.5 Å². The summed E-state index contributed by atoms with van der Waals surface area (Å²) in [4.78, 5) is 11.9. The average Bonchev–Trinajstić information content (AvgIpc) is 2.73. The highest BCUT2D eigenvalue weighted by molar-refractivity contribution is 9.10. The molecule has 2 rings (SSSR count). The molecule has 0 radical (unpaired) electrons. The van der Waals surface area contributed by atoms with Gasteiger partial charge < -0.3 is 4.74 Å². The molecule has 3 nitrogen and oxygen atoms in total. The van der Waals surface area contributed by atoms with E-state index in [-0.39, 0.29) is 5.97 Å². The monoisotopic (exact) mass is 371 g/mol. The van der Waals surface area contributed by atoms with E-state index in [2.05, 4.69) is 22.9 Å². The number of fused-ring (bicyclic) bond motifs is 1. The first-order chi connectivity index (χ1) is 10.1. The van der Waals surface area contributed by atoms with Crippen molar-refractivity contribution in [3.63, 3.8) is 0 Å². The van der Waals surface area contributed by atoms with E-state index in [1.54, 1.807) is 0 Å². The Morgan fingerprint density at radius 2 is 1.95 bits per heavy atom. The van der Waals surface area contributed by atoms with E-state index in [0.29, 0.717) is 16.8 Å². The Bertz CT molecular complexity index is 585. The first-order valence-corrected chi connectivity index (χ1v) is 8.44. The standard InChI is InChI=1S/C16H19BrClNO2/c1-2-3-4-5-6-11-14(20)21-16-15(17)12-9-7-8-10-13(12)19(16)18/h7-10H,2-6,11H2,1H3. The summed E-state index contributed by atoms with van der Waals surface area (Å²) in [5, 5.41) is 0.929. The molecule has 0 aliphatic rings. The summed E-state index contributed by atoms with van der Waals surface area (Å²) >= 11 is 9.67. The number of hydrogen-bond acceptors (Lipinski definition) is 2. The van der Waals surface area contributed by atoms with Gasteiger partial charge in [0.15, 0.2) is 0 Å². The minimum atomic E-state index is -0.239. The molecule has 0 unspecified atom stereocenters. The van der Waals surface area contributed by atoms with Crippen molar-refractivity contribution in [3.05, 3.63) is 28.7 Å². The molecule has 5 heteroatoms. The summed E-state index contributed by atoms with van der Waals surface area (Å²) in [6.07, 6.45) is 5.94. The first kappa shape index (κ1) is 16.4. The number of rotatable bonds is 7. The summed E-state index contributed by atoms with van der Waals surface area (Å²) in [5.74, 6) is 0.119. The molecule has 21 heavy (non-hydrogen) atoms. The van der Waals surface area contributed by atoms with Gasteiger partial charge in [0, 0.05) is 23.6 Å². The van der Waals surface area contributed by atoms with Crippen molar-refractivity contribution in [2.24, 2.45) is 0 Å². The predicted molar refractivity (Wildman–Crippen MR) is 89.9 cm³/mol. The molecule has 0 N–H and O–H groups in total. The smallest absolute Gasteiger partial charge is 0.312 e. The zero-order valence-corrected chi connectivity index (χ0v) is 14.4. The fraction of sp³-hybridized carbons (Fsp3) is 0.438. The number of ether oxygens (including phenoxy) is 1. The molecule has 0 amide bonds. The summed E-state index contributed by atoms with van der Waals surface area (Å²) in [5.41, 5.74) is 0.816.